The van der Waals surface area contributed by atoms with Gasteiger partial charge in [-0.25, -0.2) is 4.98 Å². The fourth-order valence-corrected chi connectivity index (χ4v) is 3.25. The highest BCUT2D eigenvalue weighted by atomic mass is 35.5. The summed E-state index contributed by atoms with van der Waals surface area (Å²) < 4.78 is 0. The van der Waals surface area contributed by atoms with Gasteiger partial charge in [0.25, 0.3) is 0 Å². The number of nitrogens with zero attached hydrogens (tertiary/aromatic N) is 1. The van der Waals surface area contributed by atoms with Crippen LogP contribution in [0.4, 0.5) is 5.13 Å². The first-order valence-corrected chi connectivity index (χ1v) is 8.14. The second-order valence-electron chi connectivity index (χ2n) is 5.50. The SMILES string of the molecule is CC(CN)C(=O)Nc1nc(-c2ccc3c(c2)CCC3)cs1.Cl. The number of halogens is 1. The summed E-state index contributed by atoms with van der Waals surface area (Å²) in [6.07, 6.45) is 3.59. The minimum atomic E-state index is -0.197. The van der Waals surface area contributed by atoms with Crippen molar-refractivity contribution < 1.29 is 4.79 Å². The van der Waals surface area contributed by atoms with Crippen molar-refractivity contribution >= 4 is 34.8 Å². The van der Waals surface area contributed by atoms with Crippen LogP contribution in [0.3, 0.4) is 0 Å². The van der Waals surface area contributed by atoms with E-state index < -0.39 is 0 Å². The number of fused-ring (bicyclic) bond motifs is 1. The van der Waals surface area contributed by atoms with E-state index in [9.17, 15) is 4.79 Å². The van der Waals surface area contributed by atoms with Crippen molar-refractivity contribution in [3.63, 3.8) is 0 Å². The number of hydrogen-bond donors (Lipinski definition) is 2. The number of aryl methyl sites for hydroxylation is 2. The summed E-state index contributed by atoms with van der Waals surface area (Å²) in [5.41, 5.74) is 10.4. The number of nitrogens with two attached hydrogens (primary N) is 1. The van der Waals surface area contributed by atoms with Gasteiger partial charge in [0.05, 0.1) is 5.69 Å². The Morgan fingerprint density at radius 2 is 2.18 bits per heavy atom. The van der Waals surface area contributed by atoms with Crippen LogP contribution in [0.15, 0.2) is 23.6 Å². The van der Waals surface area contributed by atoms with Crippen molar-refractivity contribution in [1.82, 2.24) is 4.98 Å². The first-order chi connectivity index (χ1) is 10.2. The largest absolute Gasteiger partial charge is 0.330 e. The molecule has 1 aliphatic rings. The van der Waals surface area contributed by atoms with E-state index in [0.717, 1.165) is 17.7 Å². The molecule has 22 heavy (non-hydrogen) atoms. The van der Waals surface area contributed by atoms with Gasteiger partial charge in [-0.3, -0.25) is 4.79 Å². The molecule has 0 aliphatic heterocycles. The quantitative estimate of drug-likeness (QED) is 0.899. The molecule has 0 saturated carbocycles. The Bertz CT molecular complexity index is 671. The molecule has 0 radical (unpaired) electrons. The molecule has 1 amide bonds. The third kappa shape index (κ3) is 3.48. The zero-order valence-electron chi connectivity index (χ0n) is 12.5. The first kappa shape index (κ1) is 16.9. The van der Waals surface area contributed by atoms with Crippen LogP contribution in [-0.4, -0.2) is 17.4 Å². The zero-order chi connectivity index (χ0) is 14.8. The lowest BCUT2D eigenvalue weighted by Gasteiger charge is -2.06. The third-order valence-corrected chi connectivity index (χ3v) is 4.69. The summed E-state index contributed by atoms with van der Waals surface area (Å²) in [5, 5.41) is 5.44. The van der Waals surface area contributed by atoms with Gasteiger partial charge in [-0.1, -0.05) is 19.1 Å². The molecule has 0 bridgehead atoms. The van der Waals surface area contributed by atoms with E-state index in [2.05, 4.69) is 28.5 Å². The van der Waals surface area contributed by atoms with E-state index in [1.165, 1.54) is 35.3 Å². The van der Waals surface area contributed by atoms with E-state index in [0.29, 0.717) is 11.7 Å². The third-order valence-electron chi connectivity index (χ3n) is 3.93. The maximum Gasteiger partial charge on any atom is 0.230 e. The van der Waals surface area contributed by atoms with Crippen LogP contribution in [0.25, 0.3) is 11.3 Å². The predicted molar refractivity (Wildman–Crippen MR) is 93.7 cm³/mol. The summed E-state index contributed by atoms with van der Waals surface area (Å²) in [4.78, 5) is 16.3. The number of amides is 1. The van der Waals surface area contributed by atoms with Crippen LogP contribution in [0.1, 0.15) is 24.5 Å². The van der Waals surface area contributed by atoms with Gasteiger partial charge < -0.3 is 11.1 Å². The van der Waals surface area contributed by atoms with Crippen LogP contribution in [0.5, 0.6) is 0 Å². The van der Waals surface area contributed by atoms with E-state index in [1.54, 1.807) is 0 Å². The summed E-state index contributed by atoms with van der Waals surface area (Å²) in [6.45, 7) is 2.15. The summed E-state index contributed by atoms with van der Waals surface area (Å²) in [5.74, 6) is -0.273. The number of thiazole rings is 1. The topological polar surface area (TPSA) is 68.0 Å². The Kier molecular flexibility index (Phi) is 5.56. The van der Waals surface area contributed by atoms with Gasteiger partial charge in [0, 0.05) is 23.4 Å². The average Bonchev–Trinajstić information content (AvgIpc) is 3.14. The second kappa shape index (κ2) is 7.22. The van der Waals surface area contributed by atoms with Gasteiger partial charge in [0.15, 0.2) is 5.13 Å². The van der Waals surface area contributed by atoms with Crippen molar-refractivity contribution in [2.45, 2.75) is 26.2 Å². The highest BCUT2D eigenvalue weighted by molar-refractivity contribution is 7.14. The molecule has 3 rings (SSSR count). The number of anilines is 1. The molecule has 0 saturated heterocycles. The molecule has 1 aliphatic carbocycles. The smallest absolute Gasteiger partial charge is 0.230 e. The Hall–Kier alpha value is -1.43. The molecule has 0 spiro atoms. The molecular formula is C16H20ClN3OS. The van der Waals surface area contributed by atoms with Crippen LogP contribution in [0, 0.1) is 5.92 Å². The minimum Gasteiger partial charge on any atom is -0.330 e. The number of aromatic nitrogens is 1. The average molecular weight is 338 g/mol. The summed E-state index contributed by atoms with van der Waals surface area (Å²) >= 11 is 1.45. The van der Waals surface area contributed by atoms with E-state index in [1.807, 2.05) is 12.3 Å². The fraction of sp³-hybridized carbons (Fsp3) is 0.375. The first-order valence-electron chi connectivity index (χ1n) is 7.26. The molecule has 1 aromatic carbocycles. The number of rotatable bonds is 4. The number of nitrogens with one attached hydrogen (secondary N) is 1. The van der Waals surface area contributed by atoms with Gasteiger partial charge in [0.2, 0.25) is 5.91 Å². The molecule has 1 unspecified atom stereocenters. The molecule has 0 fully saturated rings. The predicted octanol–water partition coefficient (Wildman–Crippen LogP) is 3.25. The number of carbonyl (C=O) groups excluding carboxylic acids is 1. The Morgan fingerprint density at radius 1 is 1.41 bits per heavy atom. The normalized spacial score (nSPS) is 14.1. The summed E-state index contributed by atoms with van der Waals surface area (Å²) in [7, 11) is 0. The van der Waals surface area contributed by atoms with E-state index >= 15 is 0 Å². The van der Waals surface area contributed by atoms with Crippen LogP contribution in [0.2, 0.25) is 0 Å². The standard InChI is InChI=1S/C16H19N3OS.ClH/c1-10(8-17)15(20)19-16-18-14(9-21-16)13-6-5-11-3-2-4-12(11)7-13;/h5-7,9-10H,2-4,8,17H2,1H3,(H,18,19,20);1H. The van der Waals surface area contributed by atoms with Gasteiger partial charge >= 0.3 is 0 Å². The highest BCUT2D eigenvalue weighted by Crippen LogP contribution is 2.30. The highest BCUT2D eigenvalue weighted by Gasteiger charge is 2.15. The molecular weight excluding hydrogens is 318 g/mol. The Morgan fingerprint density at radius 3 is 2.95 bits per heavy atom. The monoisotopic (exact) mass is 337 g/mol. The molecule has 2 aromatic rings. The molecule has 1 aromatic heterocycles. The lowest BCUT2D eigenvalue weighted by atomic mass is 10.1. The zero-order valence-corrected chi connectivity index (χ0v) is 14.1. The van der Waals surface area contributed by atoms with Crippen molar-refractivity contribution in [1.29, 1.82) is 0 Å². The summed E-state index contributed by atoms with van der Waals surface area (Å²) in [6, 6.07) is 6.55. The van der Waals surface area contributed by atoms with Crippen molar-refractivity contribution in [3.05, 3.63) is 34.7 Å². The van der Waals surface area contributed by atoms with Gasteiger partial charge in [-0.15, -0.1) is 23.7 Å². The molecule has 6 heteroatoms. The van der Waals surface area contributed by atoms with Crippen LogP contribution < -0.4 is 11.1 Å². The van der Waals surface area contributed by atoms with Gasteiger partial charge in [-0.05, 0) is 36.5 Å². The number of benzene rings is 1. The molecule has 118 valence electrons. The number of hydrogen-bond acceptors (Lipinski definition) is 4. The molecule has 1 heterocycles. The van der Waals surface area contributed by atoms with Crippen molar-refractivity contribution in [2.75, 3.05) is 11.9 Å². The Balaban J connectivity index is 0.00000176. The van der Waals surface area contributed by atoms with Crippen LogP contribution >= 0.6 is 23.7 Å². The molecule has 4 nitrogen and oxygen atoms in total. The van der Waals surface area contributed by atoms with E-state index in [4.69, 9.17) is 5.73 Å². The Labute approximate surface area is 140 Å². The van der Waals surface area contributed by atoms with Crippen molar-refractivity contribution in [2.24, 2.45) is 11.7 Å². The van der Waals surface area contributed by atoms with Gasteiger partial charge in [0.1, 0.15) is 0 Å². The molecule has 1 atom stereocenters. The van der Waals surface area contributed by atoms with Crippen molar-refractivity contribution in [3.8, 4) is 11.3 Å². The number of carbonyl (C=O) groups is 1. The fourth-order valence-electron chi connectivity index (χ4n) is 2.53. The van der Waals surface area contributed by atoms with E-state index in [-0.39, 0.29) is 24.2 Å². The maximum atomic E-state index is 11.8. The van der Waals surface area contributed by atoms with Gasteiger partial charge in [-0.2, -0.15) is 0 Å². The maximum absolute atomic E-state index is 11.8. The lowest BCUT2D eigenvalue weighted by molar-refractivity contribution is -0.119. The van der Waals surface area contributed by atoms with Crippen LogP contribution in [-0.2, 0) is 17.6 Å². The molecule has 3 N–H and O–H groups in total. The minimum absolute atomic E-state index is 0. The lowest BCUT2D eigenvalue weighted by Crippen LogP contribution is -2.26. The second-order valence-corrected chi connectivity index (χ2v) is 6.36.